The number of hydrogen-bond donors (Lipinski definition) is 3. The van der Waals surface area contributed by atoms with Crippen LogP contribution in [0, 0.1) is 0 Å². The average Bonchev–Trinajstić information content (AvgIpc) is 2.59. The number of pyridine rings is 1. The van der Waals surface area contributed by atoms with Crippen molar-refractivity contribution in [1.29, 1.82) is 0 Å². The second-order valence-corrected chi connectivity index (χ2v) is 4.30. The first kappa shape index (κ1) is 15.4. The van der Waals surface area contributed by atoms with Crippen molar-refractivity contribution in [3.8, 4) is 5.75 Å². The second kappa shape index (κ2) is 7.16. The van der Waals surface area contributed by atoms with Crippen LogP contribution in [0.1, 0.15) is 15.9 Å². The number of carbonyl (C=O) groups is 2. The fourth-order valence-electron chi connectivity index (χ4n) is 1.67. The predicted molar refractivity (Wildman–Crippen MR) is 78.1 cm³/mol. The van der Waals surface area contributed by atoms with Crippen LogP contribution >= 0.6 is 0 Å². The van der Waals surface area contributed by atoms with E-state index in [0.29, 0.717) is 17.4 Å². The van der Waals surface area contributed by atoms with Crippen LogP contribution in [0.25, 0.3) is 0 Å². The Labute approximate surface area is 126 Å². The van der Waals surface area contributed by atoms with Gasteiger partial charge >= 0.3 is 6.03 Å². The number of aromatic nitrogens is 1. The first-order valence-corrected chi connectivity index (χ1v) is 6.33. The molecule has 0 aliphatic carbocycles. The normalized spacial score (nSPS) is 9.91. The van der Waals surface area contributed by atoms with Crippen molar-refractivity contribution >= 4 is 11.9 Å². The average molecular weight is 301 g/mol. The highest BCUT2D eigenvalue weighted by molar-refractivity contribution is 6.03. The summed E-state index contributed by atoms with van der Waals surface area (Å²) in [5.74, 6) is 10.1. The fourth-order valence-corrected chi connectivity index (χ4v) is 1.67. The molecule has 0 saturated carbocycles. The summed E-state index contributed by atoms with van der Waals surface area (Å²) in [6, 6.07) is 9.07. The van der Waals surface area contributed by atoms with Crippen molar-refractivity contribution in [2.24, 2.45) is 11.7 Å². The van der Waals surface area contributed by atoms with E-state index in [4.69, 9.17) is 16.4 Å². The number of nitrogens with two attached hydrogens (primary N) is 2. The molecule has 1 heterocycles. The third-order valence-corrected chi connectivity index (χ3v) is 2.80. The van der Waals surface area contributed by atoms with Gasteiger partial charge in [-0.15, -0.1) is 0 Å². The maximum Gasteiger partial charge on any atom is 0.353 e. The molecule has 8 heteroatoms. The number of rotatable bonds is 4. The summed E-state index contributed by atoms with van der Waals surface area (Å²) in [5.41, 5.74) is 2.93. The lowest BCUT2D eigenvalue weighted by Crippen LogP contribution is -2.50. The molecule has 0 aliphatic rings. The number of nitrogens with one attached hydrogen (secondary N) is 1. The van der Waals surface area contributed by atoms with Gasteiger partial charge in [-0.3, -0.25) is 15.2 Å². The number of ether oxygens (including phenoxy) is 1. The number of nitrogens with zero attached hydrogens (tertiary/aromatic N) is 2. The Kier molecular flexibility index (Phi) is 5.02. The summed E-state index contributed by atoms with van der Waals surface area (Å²) < 4.78 is 5.58. The van der Waals surface area contributed by atoms with Crippen LogP contribution < -0.4 is 21.8 Å². The zero-order chi connectivity index (χ0) is 15.9. The predicted octanol–water partition coefficient (Wildman–Crippen LogP) is 0.560. The summed E-state index contributed by atoms with van der Waals surface area (Å²) in [7, 11) is 0. The van der Waals surface area contributed by atoms with E-state index >= 15 is 0 Å². The van der Waals surface area contributed by atoms with E-state index in [1.54, 1.807) is 30.0 Å². The van der Waals surface area contributed by atoms with Gasteiger partial charge in [-0.25, -0.2) is 16.5 Å². The standard InChI is InChI=1S/C14H15N5O3/c15-18-14(21)19(16)13(20)11-2-1-3-12(8-11)22-9-10-4-6-17-7-5-10/h1-8H,9,15-16H2,(H,18,21). The molecule has 0 bridgehead atoms. The van der Waals surface area contributed by atoms with E-state index in [2.05, 4.69) is 4.98 Å². The maximum absolute atomic E-state index is 12.0. The maximum atomic E-state index is 12.0. The van der Waals surface area contributed by atoms with Crippen molar-refractivity contribution < 1.29 is 14.3 Å². The minimum Gasteiger partial charge on any atom is -0.489 e. The molecule has 1 aromatic heterocycles. The Bertz CT molecular complexity index is 663. The smallest absolute Gasteiger partial charge is 0.353 e. The van der Waals surface area contributed by atoms with E-state index < -0.39 is 11.9 Å². The summed E-state index contributed by atoms with van der Waals surface area (Å²) in [5, 5.41) is 0.391. The van der Waals surface area contributed by atoms with Crippen LogP contribution in [0.15, 0.2) is 48.8 Å². The van der Waals surface area contributed by atoms with Gasteiger partial charge in [0, 0.05) is 18.0 Å². The molecule has 0 radical (unpaired) electrons. The van der Waals surface area contributed by atoms with Crippen LogP contribution in [0.3, 0.4) is 0 Å². The van der Waals surface area contributed by atoms with Crippen LogP contribution in [-0.4, -0.2) is 21.9 Å². The van der Waals surface area contributed by atoms with Gasteiger partial charge in [0.15, 0.2) is 0 Å². The molecule has 2 aromatic rings. The summed E-state index contributed by atoms with van der Waals surface area (Å²) in [4.78, 5) is 27.1. The Hall–Kier alpha value is -2.97. The van der Waals surface area contributed by atoms with E-state index in [1.807, 2.05) is 12.1 Å². The Morgan fingerprint density at radius 1 is 1.23 bits per heavy atom. The quantitative estimate of drug-likeness (QED) is 0.430. The molecule has 8 nitrogen and oxygen atoms in total. The highest BCUT2D eigenvalue weighted by Gasteiger charge is 2.18. The van der Waals surface area contributed by atoms with Crippen molar-refractivity contribution in [3.05, 3.63) is 59.9 Å². The molecule has 22 heavy (non-hydrogen) atoms. The number of carbonyl (C=O) groups excluding carboxylic acids is 2. The van der Waals surface area contributed by atoms with Crippen molar-refractivity contribution in [1.82, 2.24) is 15.4 Å². The molecule has 1 aromatic carbocycles. The summed E-state index contributed by atoms with van der Waals surface area (Å²) in [6.07, 6.45) is 3.33. The molecular formula is C14H15N5O3. The minimum absolute atomic E-state index is 0.207. The number of benzene rings is 1. The molecule has 0 saturated heterocycles. The lowest BCUT2D eigenvalue weighted by atomic mass is 10.2. The zero-order valence-corrected chi connectivity index (χ0v) is 11.6. The second-order valence-electron chi connectivity index (χ2n) is 4.30. The van der Waals surface area contributed by atoms with Crippen LogP contribution in [0.5, 0.6) is 5.75 Å². The largest absolute Gasteiger partial charge is 0.489 e. The van der Waals surface area contributed by atoms with Crippen molar-refractivity contribution in [2.75, 3.05) is 0 Å². The van der Waals surface area contributed by atoms with Crippen molar-refractivity contribution in [2.45, 2.75) is 6.61 Å². The monoisotopic (exact) mass is 301 g/mol. The number of hydrazine groups is 2. The first-order valence-electron chi connectivity index (χ1n) is 6.33. The molecule has 0 aliphatic heterocycles. The number of imide groups is 1. The fraction of sp³-hybridized carbons (Fsp3) is 0.0714. The van der Waals surface area contributed by atoms with E-state index in [9.17, 15) is 9.59 Å². The molecule has 3 amide bonds. The minimum atomic E-state index is -0.909. The van der Waals surface area contributed by atoms with Crippen molar-refractivity contribution in [3.63, 3.8) is 0 Å². The zero-order valence-electron chi connectivity index (χ0n) is 11.6. The molecule has 0 spiro atoms. The van der Waals surface area contributed by atoms with Gasteiger partial charge in [0.25, 0.3) is 5.91 Å². The number of hydrogen-bond acceptors (Lipinski definition) is 6. The van der Waals surface area contributed by atoms with E-state index in [-0.39, 0.29) is 5.56 Å². The van der Waals surface area contributed by atoms with Gasteiger partial charge in [-0.1, -0.05) is 6.07 Å². The molecule has 2 rings (SSSR count). The Balaban J connectivity index is 2.06. The van der Waals surface area contributed by atoms with Gasteiger partial charge in [0.2, 0.25) is 0 Å². The van der Waals surface area contributed by atoms with E-state index in [0.717, 1.165) is 5.56 Å². The molecule has 5 N–H and O–H groups in total. The van der Waals surface area contributed by atoms with Crippen LogP contribution in [-0.2, 0) is 6.61 Å². The number of amides is 3. The lowest BCUT2D eigenvalue weighted by molar-refractivity contribution is 0.0799. The molecular weight excluding hydrogens is 286 g/mol. The Morgan fingerprint density at radius 2 is 1.95 bits per heavy atom. The van der Waals surface area contributed by atoms with Gasteiger partial charge < -0.3 is 4.74 Å². The SMILES string of the molecule is NNC(=O)N(N)C(=O)c1cccc(OCc2ccncc2)c1. The number of urea groups is 1. The molecule has 0 atom stereocenters. The lowest BCUT2D eigenvalue weighted by Gasteiger charge is -2.14. The van der Waals surface area contributed by atoms with Gasteiger partial charge in [-0.2, -0.15) is 5.01 Å². The molecule has 114 valence electrons. The highest BCUT2D eigenvalue weighted by Crippen LogP contribution is 2.16. The van der Waals surface area contributed by atoms with Gasteiger partial charge in [0.05, 0.1) is 0 Å². The third kappa shape index (κ3) is 3.78. The van der Waals surface area contributed by atoms with Crippen LogP contribution in [0.2, 0.25) is 0 Å². The van der Waals surface area contributed by atoms with Gasteiger partial charge in [0.1, 0.15) is 12.4 Å². The first-order chi connectivity index (χ1) is 10.6. The van der Waals surface area contributed by atoms with Gasteiger partial charge in [-0.05, 0) is 35.9 Å². The summed E-state index contributed by atoms with van der Waals surface area (Å²) in [6.45, 7) is 0.329. The Morgan fingerprint density at radius 3 is 2.64 bits per heavy atom. The third-order valence-electron chi connectivity index (χ3n) is 2.80. The van der Waals surface area contributed by atoms with Crippen LogP contribution in [0.4, 0.5) is 4.79 Å². The topological polar surface area (TPSA) is 124 Å². The van der Waals surface area contributed by atoms with E-state index in [1.165, 1.54) is 12.1 Å². The molecule has 0 unspecified atom stereocenters. The highest BCUT2D eigenvalue weighted by atomic mass is 16.5. The summed E-state index contributed by atoms with van der Waals surface area (Å²) >= 11 is 0. The molecule has 0 fully saturated rings.